The maximum Gasteiger partial charge on any atom is 0.117 e. The van der Waals surface area contributed by atoms with Crippen LogP contribution in [0.3, 0.4) is 0 Å². The normalized spacial score (nSPS) is 16.3. The van der Waals surface area contributed by atoms with E-state index in [1.807, 2.05) is 0 Å². The monoisotopic (exact) mass is 313 g/mol. The van der Waals surface area contributed by atoms with Gasteiger partial charge in [-0.3, -0.25) is 5.41 Å². The maximum absolute atomic E-state index is 7.60. The lowest BCUT2D eigenvalue weighted by Gasteiger charge is -2.22. The lowest BCUT2D eigenvalue weighted by Crippen LogP contribution is -2.20. The molecule has 1 aliphatic carbocycles. The second-order valence-corrected chi connectivity index (χ2v) is 6.68. The van der Waals surface area contributed by atoms with Gasteiger partial charge in [0.25, 0.3) is 0 Å². The van der Waals surface area contributed by atoms with E-state index in [1.54, 1.807) is 6.08 Å². The molecule has 0 heterocycles. The zero-order valence-corrected chi connectivity index (χ0v) is 14.4. The highest BCUT2D eigenvalue weighted by Crippen LogP contribution is 2.26. The number of rotatable bonds is 8. The Morgan fingerprint density at radius 1 is 1.30 bits per heavy atom. The Labute approximate surface area is 140 Å². The van der Waals surface area contributed by atoms with Crippen LogP contribution in [-0.4, -0.2) is 12.4 Å². The van der Waals surface area contributed by atoms with Gasteiger partial charge in [-0.25, -0.2) is 0 Å². The number of hydrogen-bond acceptors (Lipinski definition) is 2. The lowest BCUT2D eigenvalue weighted by atomic mass is 9.87. The standard InChI is InChI=1S/C20H31N3/c1-2-7-17-10-6-11-18(14-17)19(15-20(21)22)23-13-12-16-8-4-3-5-9-16/h6,10-11,14-16,23H,2-5,7-9,12-13H2,1H3,(H3,21,22)/b19-15-. The van der Waals surface area contributed by atoms with Crippen molar-refractivity contribution < 1.29 is 0 Å². The summed E-state index contributed by atoms with van der Waals surface area (Å²) >= 11 is 0. The minimum absolute atomic E-state index is 0.103. The molecule has 0 unspecified atom stereocenters. The molecule has 3 nitrogen and oxygen atoms in total. The molecule has 0 saturated heterocycles. The van der Waals surface area contributed by atoms with Crippen molar-refractivity contribution in [3.8, 4) is 0 Å². The molecule has 23 heavy (non-hydrogen) atoms. The molecule has 0 aromatic heterocycles. The third kappa shape index (κ3) is 6.09. The summed E-state index contributed by atoms with van der Waals surface area (Å²) in [4.78, 5) is 0. The topological polar surface area (TPSA) is 61.9 Å². The van der Waals surface area contributed by atoms with E-state index in [-0.39, 0.29) is 5.84 Å². The zero-order valence-electron chi connectivity index (χ0n) is 14.4. The van der Waals surface area contributed by atoms with E-state index in [1.165, 1.54) is 44.1 Å². The minimum atomic E-state index is 0.103. The SMILES string of the molecule is CCCc1cccc(/C(=C/C(=N)N)NCCC2CCCCC2)c1. The summed E-state index contributed by atoms with van der Waals surface area (Å²) in [6, 6.07) is 8.57. The predicted molar refractivity (Wildman–Crippen MR) is 99.5 cm³/mol. The summed E-state index contributed by atoms with van der Waals surface area (Å²) in [6.45, 7) is 3.16. The Bertz CT molecular complexity index is 527. The Morgan fingerprint density at radius 2 is 2.09 bits per heavy atom. The van der Waals surface area contributed by atoms with Gasteiger partial charge in [0.05, 0.1) is 0 Å². The number of amidine groups is 1. The largest absolute Gasteiger partial charge is 0.384 e. The summed E-state index contributed by atoms with van der Waals surface area (Å²) < 4.78 is 0. The molecule has 1 aromatic carbocycles. The number of aryl methyl sites for hydroxylation is 1. The van der Waals surface area contributed by atoms with Crippen LogP contribution in [0.15, 0.2) is 30.3 Å². The van der Waals surface area contributed by atoms with Gasteiger partial charge in [-0.15, -0.1) is 0 Å². The van der Waals surface area contributed by atoms with Gasteiger partial charge in [0.15, 0.2) is 0 Å². The molecular weight excluding hydrogens is 282 g/mol. The van der Waals surface area contributed by atoms with Gasteiger partial charge < -0.3 is 11.1 Å². The molecule has 126 valence electrons. The fraction of sp³-hybridized carbons (Fsp3) is 0.550. The van der Waals surface area contributed by atoms with E-state index < -0.39 is 0 Å². The van der Waals surface area contributed by atoms with E-state index in [0.29, 0.717) is 0 Å². The third-order valence-electron chi connectivity index (χ3n) is 4.67. The Hall–Kier alpha value is -1.77. The van der Waals surface area contributed by atoms with Crippen molar-refractivity contribution in [3.63, 3.8) is 0 Å². The Morgan fingerprint density at radius 3 is 2.78 bits per heavy atom. The summed E-state index contributed by atoms with van der Waals surface area (Å²) in [5.41, 5.74) is 9.06. The molecule has 0 aliphatic heterocycles. The molecule has 0 amide bonds. The van der Waals surface area contributed by atoms with Gasteiger partial charge in [0.2, 0.25) is 0 Å². The zero-order chi connectivity index (χ0) is 16.5. The Kier molecular flexibility index (Phi) is 7.18. The van der Waals surface area contributed by atoms with Crippen LogP contribution in [0.1, 0.15) is 63.0 Å². The van der Waals surface area contributed by atoms with Crippen molar-refractivity contribution in [2.75, 3.05) is 6.54 Å². The first-order valence-corrected chi connectivity index (χ1v) is 9.08. The van der Waals surface area contributed by atoms with Crippen molar-refractivity contribution >= 4 is 11.5 Å². The number of nitrogens with one attached hydrogen (secondary N) is 2. The number of hydrogen-bond donors (Lipinski definition) is 3. The first kappa shape index (κ1) is 17.6. The highest BCUT2D eigenvalue weighted by molar-refractivity contribution is 5.95. The average Bonchev–Trinajstić information content (AvgIpc) is 2.55. The summed E-state index contributed by atoms with van der Waals surface area (Å²) in [6.07, 6.45) is 12.1. The lowest BCUT2D eigenvalue weighted by molar-refractivity contribution is 0.339. The predicted octanol–water partition coefficient (Wildman–Crippen LogP) is 4.48. The number of nitrogens with two attached hydrogens (primary N) is 1. The molecule has 0 bridgehead atoms. The van der Waals surface area contributed by atoms with E-state index in [0.717, 1.165) is 36.6 Å². The van der Waals surface area contributed by atoms with Crippen LogP contribution < -0.4 is 11.1 Å². The van der Waals surface area contributed by atoms with Gasteiger partial charge in [0, 0.05) is 18.3 Å². The maximum atomic E-state index is 7.60. The fourth-order valence-corrected chi connectivity index (χ4v) is 3.46. The van der Waals surface area contributed by atoms with E-state index in [2.05, 4.69) is 36.5 Å². The van der Waals surface area contributed by atoms with E-state index in [4.69, 9.17) is 11.1 Å². The van der Waals surface area contributed by atoms with Crippen molar-refractivity contribution in [3.05, 3.63) is 41.5 Å². The van der Waals surface area contributed by atoms with Crippen molar-refractivity contribution in [1.29, 1.82) is 5.41 Å². The van der Waals surface area contributed by atoms with Crippen LogP contribution in [0.5, 0.6) is 0 Å². The molecular formula is C20H31N3. The van der Waals surface area contributed by atoms with Gasteiger partial charge in [0.1, 0.15) is 5.84 Å². The van der Waals surface area contributed by atoms with Gasteiger partial charge >= 0.3 is 0 Å². The highest BCUT2D eigenvalue weighted by atomic mass is 14.9. The molecule has 1 fully saturated rings. The third-order valence-corrected chi connectivity index (χ3v) is 4.67. The molecule has 0 radical (unpaired) electrons. The molecule has 0 atom stereocenters. The van der Waals surface area contributed by atoms with Crippen molar-refractivity contribution in [1.82, 2.24) is 5.32 Å². The average molecular weight is 313 g/mol. The van der Waals surface area contributed by atoms with Crippen molar-refractivity contribution in [2.24, 2.45) is 11.7 Å². The first-order valence-electron chi connectivity index (χ1n) is 9.08. The van der Waals surface area contributed by atoms with Gasteiger partial charge in [-0.2, -0.15) is 0 Å². The second-order valence-electron chi connectivity index (χ2n) is 6.68. The van der Waals surface area contributed by atoms with Gasteiger partial charge in [-0.1, -0.05) is 63.6 Å². The highest BCUT2D eigenvalue weighted by Gasteiger charge is 2.13. The molecule has 0 spiro atoms. The summed E-state index contributed by atoms with van der Waals surface area (Å²) in [5, 5.41) is 11.1. The van der Waals surface area contributed by atoms with Crippen LogP contribution in [0.2, 0.25) is 0 Å². The quantitative estimate of drug-likeness (QED) is 0.489. The van der Waals surface area contributed by atoms with Crippen LogP contribution in [0.4, 0.5) is 0 Å². The summed E-state index contributed by atoms with van der Waals surface area (Å²) in [7, 11) is 0. The first-order chi connectivity index (χ1) is 11.2. The van der Waals surface area contributed by atoms with E-state index in [9.17, 15) is 0 Å². The van der Waals surface area contributed by atoms with Crippen LogP contribution >= 0.6 is 0 Å². The molecule has 1 saturated carbocycles. The smallest absolute Gasteiger partial charge is 0.117 e. The van der Waals surface area contributed by atoms with Crippen LogP contribution in [0.25, 0.3) is 5.70 Å². The van der Waals surface area contributed by atoms with Crippen LogP contribution in [-0.2, 0) is 6.42 Å². The molecule has 2 rings (SSSR count). The minimum Gasteiger partial charge on any atom is -0.384 e. The molecule has 1 aromatic rings. The molecule has 1 aliphatic rings. The molecule has 3 heteroatoms. The fourth-order valence-electron chi connectivity index (χ4n) is 3.46. The Balaban J connectivity index is 1.99. The summed E-state index contributed by atoms with van der Waals surface area (Å²) in [5.74, 6) is 0.965. The van der Waals surface area contributed by atoms with E-state index >= 15 is 0 Å². The van der Waals surface area contributed by atoms with Crippen LogP contribution in [0, 0.1) is 11.3 Å². The second kappa shape index (κ2) is 9.39. The number of benzene rings is 1. The van der Waals surface area contributed by atoms with Gasteiger partial charge in [-0.05, 0) is 36.0 Å². The molecule has 4 N–H and O–H groups in total. The van der Waals surface area contributed by atoms with Crippen molar-refractivity contribution in [2.45, 2.75) is 58.3 Å².